The first-order valence-corrected chi connectivity index (χ1v) is 9.14. The molecule has 0 radical (unpaired) electrons. The van der Waals surface area contributed by atoms with E-state index in [1.165, 1.54) is 19.3 Å². The standard InChI is InChI=1S/C18H34N2O3/c1-16(2,3)23-15(21)20-13-11-18(22,12-14-20)17(19)9-7-5-4-6-8-10-17/h22H,4-14,19H2,1-3H3. The van der Waals surface area contributed by atoms with Crippen LogP contribution in [0.3, 0.4) is 0 Å². The van der Waals surface area contributed by atoms with E-state index in [1.807, 2.05) is 20.8 Å². The van der Waals surface area contributed by atoms with Crippen LogP contribution in [0.1, 0.15) is 78.6 Å². The molecule has 0 aromatic rings. The molecule has 134 valence electrons. The average molecular weight is 326 g/mol. The SMILES string of the molecule is CC(C)(C)OC(=O)N1CCC(O)(C2(N)CCCCCCC2)CC1. The van der Waals surface area contributed by atoms with Gasteiger partial charge in [0.1, 0.15) is 5.60 Å². The molecule has 0 bridgehead atoms. The molecule has 2 fully saturated rings. The quantitative estimate of drug-likeness (QED) is 0.776. The normalized spacial score (nSPS) is 25.3. The Morgan fingerprint density at radius 2 is 1.48 bits per heavy atom. The van der Waals surface area contributed by atoms with Gasteiger partial charge in [0.25, 0.3) is 0 Å². The Morgan fingerprint density at radius 3 is 1.96 bits per heavy atom. The molecule has 5 nitrogen and oxygen atoms in total. The van der Waals surface area contributed by atoms with Crippen LogP contribution >= 0.6 is 0 Å². The van der Waals surface area contributed by atoms with Gasteiger partial charge in [-0.2, -0.15) is 0 Å². The van der Waals surface area contributed by atoms with Crippen molar-refractivity contribution in [3.8, 4) is 0 Å². The Hall–Kier alpha value is -0.810. The fraction of sp³-hybridized carbons (Fsp3) is 0.944. The molecule has 1 aliphatic carbocycles. The van der Waals surface area contributed by atoms with Gasteiger partial charge in [0, 0.05) is 18.6 Å². The van der Waals surface area contributed by atoms with Crippen LogP contribution in [0.25, 0.3) is 0 Å². The van der Waals surface area contributed by atoms with E-state index in [9.17, 15) is 9.90 Å². The lowest BCUT2D eigenvalue weighted by atomic mass is 9.68. The molecule has 1 saturated heterocycles. The smallest absolute Gasteiger partial charge is 0.410 e. The van der Waals surface area contributed by atoms with Crippen molar-refractivity contribution in [1.82, 2.24) is 4.90 Å². The summed E-state index contributed by atoms with van der Waals surface area (Å²) in [5, 5.41) is 11.2. The van der Waals surface area contributed by atoms with Crippen LogP contribution in [-0.4, -0.2) is 45.9 Å². The first-order chi connectivity index (χ1) is 10.7. The predicted octanol–water partition coefficient (Wildman–Crippen LogP) is 3.19. The second-order valence-corrected chi connectivity index (χ2v) is 8.42. The zero-order valence-corrected chi connectivity index (χ0v) is 15.1. The van der Waals surface area contributed by atoms with Crippen LogP contribution in [0.2, 0.25) is 0 Å². The number of carbonyl (C=O) groups excluding carboxylic acids is 1. The third kappa shape index (κ3) is 4.60. The van der Waals surface area contributed by atoms with Gasteiger partial charge in [-0.3, -0.25) is 0 Å². The lowest BCUT2D eigenvalue weighted by Gasteiger charge is -2.50. The Labute approximate surface area is 140 Å². The molecule has 1 amide bonds. The van der Waals surface area contributed by atoms with Gasteiger partial charge in [0.05, 0.1) is 5.60 Å². The monoisotopic (exact) mass is 326 g/mol. The van der Waals surface area contributed by atoms with Crippen LogP contribution < -0.4 is 5.73 Å². The zero-order valence-electron chi connectivity index (χ0n) is 15.1. The third-order valence-electron chi connectivity index (χ3n) is 5.41. The van der Waals surface area contributed by atoms with Gasteiger partial charge in [-0.25, -0.2) is 4.79 Å². The Morgan fingerprint density at radius 1 is 1.00 bits per heavy atom. The minimum atomic E-state index is -0.858. The lowest BCUT2D eigenvalue weighted by molar-refractivity contribution is -0.0889. The van der Waals surface area contributed by atoms with Crippen molar-refractivity contribution in [3.63, 3.8) is 0 Å². The molecule has 1 aliphatic heterocycles. The van der Waals surface area contributed by atoms with E-state index in [-0.39, 0.29) is 6.09 Å². The minimum Gasteiger partial charge on any atom is -0.444 e. The molecule has 0 spiro atoms. The Bertz CT molecular complexity index is 401. The largest absolute Gasteiger partial charge is 0.444 e. The highest BCUT2D eigenvalue weighted by atomic mass is 16.6. The summed E-state index contributed by atoms with van der Waals surface area (Å²) in [7, 11) is 0. The number of ether oxygens (including phenoxy) is 1. The minimum absolute atomic E-state index is 0.289. The third-order valence-corrected chi connectivity index (χ3v) is 5.41. The van der Waals surface area contributed by atoms with Crippen LogP contribution in [0.15, 0.2) is 0 Å². The molecule has 2 rings (SSSR count). The maximum absolute atomic E-state index is 12.2. The summed E-state index contributed by atoms with van der Waals surface area (Å²) >= 11 is 0. The molecule has 3 N–H and O–H groups in total. The molecule has 5 heteroatoms. The van der Waals surface area contributed by atoms with Gasteiger partial charge in [0.15, 0.2) is 0 Å². The second-order valence-electron chi connectivity index (χ2n) is 8.42. The number of rotatable bonds is 1. The van der Waals surface area contributed by atoms with Crippen molar-refractivity contribution in [2.24, 2.45) is 5.73 Å². The van der Waals surface area contributed by atoms with Gasteiger partial charge >= 0.3 is 6.09 Å². The lowest BCUT2D eigenvalue weighted by Crippen LogP contribution is -2.64. The maximum atomic E-state index is 12.2. The highest BCUT2D eigenvalue weighted by Crippen LogP contribution is 2.39. The number of aliphatic hydroxyl groups is 1. The maximum Gasteiger partial charge on any atom is 0.410 e. The number of carbonyl (C=O) groups is 1. The van der Waals surface area contributed by atoms with Gasteiger partial charge < -0.3 is 20.5 Å². The molecule has 1 heterocycles. The first-order valence-electron chi connectivity index (χ1n) is 9.14. The van der Waals surface area contributed by atoms with Crippen LogP contribution in [0, 0.1) is 0 Å². The van der Waals surface area contributed by atoms with E-state index in [4.69, 9.17) is 10.5 Å². The van der Waals surface area contributed by atoms with Crippen molar-refractivity contribution < 1.29 is 14.6 Å². The molecule has 0 atom stereocenters. The van der Waals surface area contributed by atoms with E-state index >= 15 is 0 Å². The Balaban J connectivity index is 1.96. The molecule has 23 heavy (non-hydrogen) atoms. The number of piperidine rings is 1. The Kier molecular flexibility index (Phi) is 5.62. The molecule has 0 aromatic carbocycles. The number of likely N-dealkylation sites (tertiary alicyclic amines) is 1. The number of hydrogen-bond donors (Lipinski definition) is 2. The van der Waals surface area contributed by atoms with Crippen molar-refractivity contribution in [1.29, 1.82) is 0 Å². The van der Waals surface area contributed by atoms with Gasteiger partial charge in [0.2, 0.25) is 0 Å². The highest BCUT2D eigenvalue weighted by Gasteiger charge is 2.49. The van der Waals surface area contributed by atoms with E-state index < -0.39 is 16.7 Å². The van der Waals surface area contributed by atoms with Gasteiger partial charge in [-0.1, -0.05) is 32.1 Å². The van der Waals surface area contributed by atoms with Crippen LogP contribution in [-0.2, 0) is 4.74 Å². The molecule has 2 aliphatic rings. The first kappa shape index (κ1) is 18.5. The summed E-state index contributed by atoms with van der Waals surface area (Å²) < 4.78 is 5.43. The van der Waals surface area contributed by atoms with E-state index in [0.29, 0.717) is 25.9 Å². The van der Waals surface area contributed by atoms with Gasteiger partial charge in [-0.15, -0.1) is 0 Å². The van der Waals surface area contributed by atoms with Gasteiger partial charge in [-0.05, 0) is 46.5 Å². The van der Waals surface area contributed by atoms with Crippen LogP contribution in [0.5, 0.6) is 0 Å². The van der Waals surface area contributed by atoms with Crippen molar-refractivity contribution in [2.45, 2.75) is 95.3 Å². The number of hydrogen-bond acceptors (Lipinski definition) is 4. The molecule has 0 unspecified atom stereocenters. The predicted molar refractivity (Wildman–Crippen MR) is 91.2 cm³/mol. The fourth-order valence-electron chi connectivity index (χ4n) is 3.89. The molecule has 1 saturated carbocycles. The summed E-state index contributed by atoms with van der Waals surface area (Å²) in [6.45, 7) is 6.65. The number of nitrogens with two attached hydrogens (primary N) is 1. The number of amides is 1. The summed E-state index contributed by atoms with van der Waals surface area (Å²) in [5.74, 6) is 0. The zero-order chi connectivity index (χ0) is 17.1. The number of nitrogens with zero attached hydrogens (tertiary/aromatic N) is 1. The molecular formula is C18H34N2O3. The average Bonchev–Trinajstić information content (AvgIpc) is 2.42. The second kappa shape index (κ2) is 6.98. The van der Waals surface area contributed by atoms with Crippen molar-refractivity contribution in [2.75, 3.05) is 13.1 Å². The van der Waals surface area contributed by atoms with E-state index in [1.54, 1.807) is 4.90 Å². The molecular weight excluding hydrogens is 292 g/mol. The van der Waals surface area contributed by atoms with E-state index in [2.05, 4.69) is 0 Å². The van der Waals surface area contributed by atoms with Crippen molar-refractivity contribution in [3.05, 3.63) is 0 Å². The summed E-state index contributed by atoms with van der Waals surface area (Å²) in [6, 6.07) is 0. The topological polar surface area (TPSA) is 75.8 Å². The highest BCUT2D eigenvalue weighted by molar-refractivity contribution is 5.68. The van der Waals surface area contributed by atoms with E-state index in [0.717, 1.165) is 25.7 Å². The molecule has 0 aromatic heterocycles. The van der Waals surface area contributed by atoms with Crippen LogP contribution in [0.4, 0.5) is 4.79 Å². The fourth-order valence-corrected chi connectivity index (χ4v) is 3.89. The van der Waals surface area contributed by atoms with Crippen molar-refractivity contribution >= 4 is 6.09 Å². The summed E-state index contributed by atoms with van der Waals surface area (Å²) in [5.41, 5.74) is 4.82. The summed E-state index contributed by atoms with van der Waals surface area (Å²) in [6.07, 6.45) is 8.45. The summed E-state index contributed by atoms with van der Waals surface area (Å²) in [4.78, 5) is 13.9.